The highest BCUT2D eigenvalue weighted by Gasteiger charge is 2.08. The molecule has 0 amide bonds. The largest absolute Gasteiger partial charge is 0.493 e. The Morgan fingerprint density at radius 2 is 2.00 bits per heavy atom. The van der Waals surface area contributed by atoms with Crippen molar-refractivity contribution in [2.24, 2.45) is 0 Å². The molecule has 0 aliphatic heterocycles. The molecule has 0 aliphatic rings. The van der Waals surface area contributed by atoms with Crippen LogP contribution in [-0.2, 0) is 13.0 Å². The first-order valence-corrected chi connectivity index (χ1v) is 4.55. The van der Waals surface area contributed by atoms with E-state index in [1.54, 1.807) is 0 Å². The van der Waals surface area contributed by atoms with Crippen LogP contribution in [0.15, 0.2) is 15.8 Å². The number of rotatable bonds is 3. The number of aromatic nitrogens is 4. The van der Waals surface area contributed by atoms with Crippen LogP contribution in [0.5, 0.6) is 11.8 Å². The van der Waals surface area contributed by atoms with Crippen molar-refractivity contribution in [2.45, 2.75) is 13.0 Å². The van der Waals surface area contributed by atoms with Gasteiger partial charge in [0.25, 0.3) is 0 Å². The summed E-state index contributed by atoms with van der Waals surface area (Å²) in [7, 11) is 0. The van der Waals surface area contributed by atoms with Gasteiger partial charge < -0.3 is 20.2 Å². The lowest BCUT2D eigenvalue weighted by Crippen LogP contribution is -2.18. The number of hydrogen-bond acceptors (Lipinski definition) is 4. The van der Waals surface area contributed by atoms with Crippen LogP contribution in [0.3, 0.4) is 0 Å². The van der Waals surface area contributed by atoms with Gasteiger partial charge >= 0.3 is 11.4 Å². The van der Waals surface area contributed by atoms with Crippen molar-refractivity contribution in [3.05, 3.63) is 32.9 Å². The van der Waals surface area contributed by atoms with Gasteiger partial charge in [-0.15, -0.1) is 0 Å². The maximum atomic E-state index is 11.2. The zero-order chi connectivity index (χ0) is 11.7. The van der Waals surface area contributed by atoms with Crippen molar-refractivity contribution < 1.29 is 10.2 Å². The molecule has 0 bridgehead atoms. The van der Waals surface area contributed by atoms with E-state index in [9.17, 15) is 19.8 Å². The third-order valence-electron chi connectivity index (χ3n) is 2.21. The van der Waals surface area contributed by atoms with Crippen LogP contribution in [-0.4, -0.2) is 29.7 Å². The van der Waals surface area contributed by atoms with E-state index in [1.807, 2.05) is 0 Å². The predicted molar refractivity (Wildman–Crippen MR) is 53.5 cm³/mol. The normalized spacial score (nSPS) is 10.8. The zero-order valence-corrected chi connectivity index (χ0v) is 8.15. The summed E-state index contributed by atoms with van der Waals surface area (Å²) in [5.74, 6) is -0.449. The van der Waals surface area contributed by atoms with Gasteiger partial charge in [0.15, 0.2) is 0 Å². The molecule has 16 heavy (non-hydrogen) atoms. The second-order valence-electron chi connectivity index (χ2n) is 3.26. The molecular formula is C8H10N4O4. The number of nitrogens with one attached hydrogen (secondary N) is 3. The monoisotopic (exact) mass is 226 g/mol. The van der Waals surface area contributed by atoms with Crippen LogP contribution >= 0.6 is 0 Å². The van der Waals surface area contributed by atoms with Crippen LogP contribution in [0, 0.1) is 0 Å². The minimum absolute atomic E-state index is 0.148. The van der Waals surface area contributed by atoms with Crippen LogP contribution in [0.4, 0.5) is 0 Å². The molecule has 5 N–H and O–H groups in total. The number of imidazole rings is 2. The first-order valence-electron chi connectivity index (χ1n) is 4.55. The van der Waals surface area contributed by atoms with Gasteiger partial charge in [-0.2, -0.15) is 0 Å². The van der Waals surface area contributed by atoms with E-state index in [-0.39, 0.29) is 30.4 Å². The molecule has 8 heteroatoms. The maximum Gasteiger partial charge on any atom is 0.328 e. The minimum Gasteiger partial charge on any atom is -0.493 e. The third-order valence-corrected chi connectivity index (χ3v) is 2.21. The van der Waals surface area contributed by atoms with Gasteiger partial charge in [0, 0.05) is 13.0 Å². The summed E-state index contributed by atoms with van der Waals surface area (Å²) in [5.41, 5.74) is -0.675. The molecule has 0 aromatic carbocycles. The van der Waals surface area contributed by atoms with Gasteiger partial charge in [-0.3, -0.25) is 9.55 Å². The fraction of sp³-hybridized carbons (Fsp3) is 0.250. The van der Waals surface area contributed by atoms with E-state index in [2.05, 4.69) is 15.0 Å². The van der Waals surface area contributed by atoms with Gasteiger partial charge in [-0.25, -0.2) is 9.59 Å². The van der Waals surface area contributed by atoms with E-state index in [0.29, 0.717) is 0 Å². The average Bonchev–Trinajstić information content (AvgIpc) is 2.69. The fourth-order valence-corrected chi connectivity index (χ4v) is 1.42. The Hall–Kier alpha value is -2.38. The Balaban J connectivity index is 2.17. The predicted octanol–water partition coefficient (Wildman–Crippen LogP) is -1.15. The van der Waals surface area contributed by atoms with E-state index in [4.69, 9.17) is 0 Å². The van der Waals surface area contributed by atoms with Crippen molar-refractivity contribution in [3.63, 3.8) is 0 Å². The Morgan fingerprint density at radius 3 is 2.50 bits per heavy atom. The second-order valence-corrected chi connectivity index (χ2v) is 3.26. The maximum absolute atomic E-state index is 11.2. The van der Waals surface area contributed by atoms with E-state index in [0.717, 1.165) is 4.57 Å². The molecule has 2 heterocycles. The highest BCUT2D eigenvalue weighted by Crippen LogP contribution is 2.10. The molecule has 0 fully saturated rings. The van der Waals surface area contributed by atoms with Crippen LogP contribution in [0.2, 0.25) is 0 Å². The third kappa shape index (κ3) is 1.72. The molecule has 0 unspecified atom stereocenters. The van der Waals surface area contributed by atoms with Crippen molar-refractivity contribution in [1.82, 2.24) is 19.5 Å². The van der Waals surface area contributed by atoms with Crippen LogP contribution < -0.4 is 11.4 Å². The van der Waals surface area contributed by atoms with Gasteiger partial charge in [-0.05, 0) is 0 Å². The van der Waals surface area contributed by atoms with Gasteiger partial charge in [-0.1, -0.05) is 0 Å². The topological polar surface area (TPSA) is 127 Å². The number of aromatic amines is 3. The van der Waals surface area contributed by atoms with Gasteiger partial charge in [0.2, 0.25) is 11.8 Å². The Morgan fingerprint density at radius 1 is 1.25 bits per heavy atom. The Labute approximate surface area is 88.2 Å². The van der Waals surface area contributed by atoms with Crippen LogP contribution in [0.25, 0.3) is 0 Å². The Kier molecular flexibility index (Phi) is 2.31. The van der Waals surface area contributed by atoms with E-state index in [1.165, 1.54) is 6.20 Å². The van der Waals surface area contributed by atoms with Gasteiger partial charge in [0.05, 0.1) is 11.9 Å². The fourth-order valence-electron chi connectivity index (χ4n) is 1.42. The number of hydrogen-bond donors (Lipinski definition) is 5. The quantitative estimate of drug-likeness (QED) is 0.452. The summed E-state index contributed by atoms with van der Waals surface area (Å²) in [6.07, 6.45) is 1.39. The summed E-state index contributed by atoms with van der Waals surface area (Å²) in [6, 6.07) is 0. The smallest absolute Gasteiger partial charge is 0.328 e. The highest BCUT2D eigenvalue weighted by atomic mass is 16.3. The van der Waals surface area contributed by atoms with E-state index >= 15 is 0 Å². The summed E-state index contributed by atoms with van der Waals surface area (Å²) in [6.45, 7) is 0.148. The lowest BCUT2D eigenvalue weighted by molar-refractivity contribution is 0.409. The zero-order valence-electron chi connectivity index (χ0n) is 8.15. The summed E-state index contributed by atoms with van der Waals surface area (Å²) < 4.78 is 1.09. The Bertz CT molecular complexity index is 602. The highest BCUT2D eigenvalue weighted by molar-refractivity contribution is 5.16. The number of H-pyrrole nitrogens is 3. The standard InChI is InChI=1S/C8H10N4O4/c13-5-3-9-8(16)12(5)2-1-4-6(14)11-7(15)10-4/h3,13-14H,1-2H2,(H,9,16)(H2,10,11,15). The molecule has 2 rings (SSSR count). The minimum atomic E-state index is -0.516. The van der Waals surface area contributed by atoms with Crippen LogP contribution in [0.1, 0.15) is 5.69 Å². The molecule has 0 aliphatic carbocycles. The van der Waals surface area contributed by atoms with Crippen molar-refractivity contribution in [1.29, 1.82) is 0 Å². The number of aryl methyl sites for hydroxylation is 1. The summed E-state index contributed by atoms with van der Waals surface area (Å²) in [4.78, 5) is 28.8. The summed E-state index contributed by atoms with van der Waals surface area (Å²) >= 11 is 0. The van der Waals surface area contributed by atoms with Crippen molar-refractivity contribution >= 4 is 0 Å². The molecule has 0 atom stereocenters. The molecular weight excluding hydrogens is 216 g/mol. The molecule has 2 aromatic heterocycles. The molecule has 86 valence electrons. The molecule has 0 spiro atoms. The lowest BCUT2D eigenvalue weighted by atomic mass is 10.3. The second kappa shape index (κ2) is 3.65. The first kappa shape index (κ1) is 10.1. The summed E-state index contributed by atoms with van der Waals surface area (Å²) in [5, 5.41) is 18.5. The first-order chi connectivity index (χ1) is 7.58. The number of aromatic hydroxyl groups is 2. The van der Waals surface area contributed by atoms with Crippen molar-refractivity contribution in [3.8, 4) is 11.8 Å². The number of nitrogens with zero attached hydrogens (tertiary/aromatic N) is 1. The van der Waals surface area contributed by atoms with Crippen molar-refractivity contribution in [2.75, 3.05) is 0 Å². The molecule has 0 radical (unpaired) electrons. The molecule has 2 aromatic rings. The molecule has 0 saturated carbocycles. The van der Waals surface area contributed by atoms with E-state index < -0.39 is 11.4 Å². The molecule has 0 saturated heterocycles. The van der Waals surface area contributed by atoms with Gasteiger partial charge in [0.1, 0.15) is 0 Å². The lowest BCUT2D eigenvalue weighted by Gasteiger charge is -2.01. The average molecular weight is 226 g/mol. The SMILES string of the molecule is O=c1[nH]c(O)c(CCn2c(O)c[nH]c2=O)[nH]1. The molecule has 8 nitrogen and oxygen atoms in total.